The van der Waals surface area contributed by atoms with E-state index in [-0.39, 0.29) is 17.6 Å². The Hall–Kier alpha value is -0.940. The van der Waals surface area contributed by atoms with Crippen LogP contribution in [0.4, 0.5) is 4.39 Å². The van der Waals surface area contributed by atoms with E-state index in [1.807, 2.05) is 13.8 Å². The number of carbonyl (C=O) groups is 1. The Morgan fingerprint density at radius 1 is 1.50 bits per heavy atom. The Morgan fingerprint density at radius 2 is 2.17 bits per heavy atom. The van der Waals surface area contributed by atoms with Gasteiger partial charge in [0.15, 0.2) is 0 Å². The molecule has 0 atom stereocenters. The number of benzene rings is 1. The van der Waals surface area contributed by atoms with Crippen molar-refractivity contribution in [3.63, 3.8) is 0 Å². The first-order valence-corrected chi connectivity index (χ1v) is 6.50. The molecule has 18 heavy (non-hydrogen) atoms. The summed E-state index contributed by atoms with van der Waals surface area (Å²) in [7, 11) is 0. The fourth-order valence-corrected chi connectivity index (χ4v) is 2.04. The smallest absolute Gasteiger partial charge is 0.255 e. The van der Waals surface area contributed by atoms with Crippen LogP contribution in [0.3, 0.4) is 0 Å². The molecule has 1 aromatic carbocycles. The van der Waals surface area contributed by atoms with Crippen molar-refractivity contribution in [1.29, 1.82) is 0 Å². The lowest BCUT2D eigenvalue weighted by atomic mass is 9.89. The van der Waals surface area contributed by atoms with Crippen LogP contribution in [-0.4, -0.2) is 24.2 Å². The molecule has 0 saturated carbocycles. The molecule has 0 spiro atoms. The highest BCUT2D eigenvalue weighted by molar-refractivity contribution is 9.10. The van der Waals surface area contributed by atoms with E-state index in [9.17, 15) is 9.18 Å². The number of hydrogen-bond donors (Lipinski definition) is 2. The van der Waals surface area contributed by atoms with Crippen molar-refractivity contribution < 1.29 is 14.3 Å². The Balaban J connectivity index is 2.72. The van der Waals surface area contributed by atoms with E-state index in [0.717, 1.165) is 0 Å². The number of carbonyl (C=O) groups excluding carboxylic acids is 1. The highest BCUT2D eigenvalue weighted by atomic mass is 79.9. The van der Waals surface area contributed by atoms with Gasteiger partial charge in [0.2, 0.25) is 0 Å². The fraction of sp³-hybridized carbons (Fsp3) is 0.462. The predicted octanol–water partition coefficient (Wildman–Crippen LogP) is 2.73. The monoisotopic (exact) mass is 317 g/mol. The number of halogens is 2. The average Bonchev–Trinajstić information content (AvgIpc) is 2.26. The molecule has 1 amide bonds. The number of aliphatic hydroxyl groups excluding tert-OH is 1. The minimum atomic E-state index is -0.554. The van der Waals surface area contributed by atoms with E-state index in [2.05, 4.69) is 21.2 Å². The summed E-state index contributed by atoms with van der Waals surface area (Å²) in [5, 5.41) is 11.6. The van der Waals surface area contributed by atoms with E-state index < -0.39 is 11.7 Å². The maximum atomic E-state index is 13.5. The Kier molecular flexibility index (Phi) is 5.28. The molecular formula is C13H17BrFNO2. The first-order valence-electron chi connectivity index (χ1n) is 5.70. The van der Waals surface area contributed by atoms with Gasteiger partial charge in [-0.3, -0.25) is 4.79 Å². The summed E-state index contributed by atoms with van der Waals surface area (Å²) in [5.41, 5.74) is -0.209. The molecule has 0 fully saturated rings. The SMILES string of the molecule is CC(C)(CCO)CNC(=O)c1c(F)cccc1Br. The van der Waals surface area contributed by atoms with Gasteiger partial charge in [0.05, 0.1) is 5.56 Å². The van der Waals surface area contributed by atoms with E-state index in [1.54, 1.807) is 6.07 Å². The highest BCUT2D eigenvalue weighted by Crippen LogP contribution is 2.21. The molecule has 0 aliphatic heterocycles. The summed E-state index contributed by atoms with van der Waals surface area (Å²) in [6, 6.07) is 4.40. The van der Waals surface area contributed by atoms with Crippen LogP contribution < -0.4 is 5.32 Å². The molecule has 100 valence electrons. The molecule has 0 unspecified atom stereocenters. The maximum Gasteiger partial charge on any atom is 0.255 e. The molecule has 2 N–H and O–H groups in total. The summed E-state index contributed by atoms with van der Waals surface area (Å²) in [5.74, 6) is -1.01. The minimum absolute atomic E-state index is 0.0114. The van der Waals surface area contributed by atoms with Gasteiger partial charge < -0.3 is 10.4 Å². The fourth-order valence-electron chi connectivity index (χ4n) is 1.51. The van der Waals surface area contributed by atoms with E-state index >= 15 is 0 Å². The largest absolute Gasteiger partial charge is 0.396 e. The summed E-state index contributed by atoms with van der Waals surface area (Å²) in [6.07, 6.45) is 0.575. The Labute approximate surface area is 115 Å². The van der Waals surface area contributed by atoms with Crippen molar-refractivity contribution >= 4 is 21.8 Å². The molecule has 0 bridgehead atoms. The lowest BCUT2D eigenvalue weighted by Crippen LogP contribution is -2.35. The van der Waals surface area contributed by atoms with Crippen molar-refractivity contribution in [3.05, 3.63) is 34.1 Å². The number of aliphatic hydroxyl groups is 1. The zero-order chi connectivity index (χ0) is 13.8. The van der Waals surface area contributed by atoms with Gasteiger partial charge in [-0.05, 0) is 39.9 Å². The van der Waals surface area contributed by atoms with Gasteiger partial charge in [-0.1, -0.05) is 19.9 Å². The van der Waals surface area contributed by atoms with Gasteiger partial charge in [0.1, 0.15) is 5.82 Å². The summed E-state index contributed by atoms with van der Waals surface area (Å²) in [6.45, 7) is 4.30. The van der Waals surface area contributed by atoms with Gasteiger partial charge in [0.25, 0.3) is 5.91 Å². The summed E-state index contributed by atoms with van der Waals surface area (Å²) in [4.78, 5) is 11.9. The second-order valence-electron chi connectivity index (χ2n) is 4.92. The number of rotatable bonds is 5. The number of amides is 1. The molecule has 3 nitrogen and oxygen atoms in total. The number of hydrogen-bond acceptors (Lipinski definition) is 2. The van der Waals surface area contributed by atoms with Gasteiger partial charge in [-0.25, -0.2) is 4.39 Å². The molecule has 0 saturated heterocycles. The highest BCUT2D eigenvalue weighted by Gasteiger charge is 2.21. The molecular weight excluding hydrogens is 301 g/mol. The maximum absolute atomic E-state index is 13.5. The van der Waals surface area contributed by atoms with Gasteiger partial charge >= 0.3 is 0 Å². The van der Waals surface area contributed by atoms with Gasteiger partial charge in [0, 0.05) is 17.6 Å². The van der Waals surface area contributed by atoms with Crippen molar-refractivity contribution in [3.8, 4) is 0 Å². The molecule has 0 radical (unpaired) electrons. The molecule has 0 aliphatic carbocycles. The first kappa shape index (κ1) is 15.1. The molecule has 1 aromatic rings. The topological polar surface area (TPSA) is 49.3 Å². The van der Waals surface area contributed by atoms with Crippen molar-refractivity contribution in [1.82, 2.24) is 5.32 Å². The lowest BCUT2D eigenvalue weighted by molar-refractivity contribution is 0.0923. The first-order chi connectivity index (χ1) is 8.37. The van der Waals surface area contributed by atoms with Crippen LogP contribution in [0.15, 0.2) is 22.7 Å². The average molecular weight is 318 g/mol. The van der Waals surface area contributed by atoms with E-state index in [0.29, 0.717) is 17.4 Å². The zero-order valence-electron chi connectivity index (χ0n) is 10.5. The van der Waals surface area contributed by atoms with Crippen molar-refractivity contribution in [2.45, 2.75) is 20.3 Å². The molecule has 0 aliphatic rings. The summed E-state index contributed by atoms with van der Waals surface area (Å²) < 4.78 is 14.0. The summed E-state index contributed by atoms with van der Waals surface area (Å²) >= 11 is 3.16. The lowest BCUT2D eigenvalue weighted by Gasteiger charge is -2.24. The minimum Gasteiger partial charge on any atom is -0.396 e. The van der Waals surface area contributed by atoms with Crippen molar-refractivity contribution in [2.24, 2.45) is 5.41 Å². The third-order valence-electron chi connectivity index (χ3n) is 2.71. The third-order valence-corrected chi connectivity index (χ3v) is 3.37. The van der Waals surface area contributed by atoms with Crippen LogP contribution in [0.1, 0.15) is 30.6 Å². The van der Waals surface area contributed by atoms with Crippen LogP contribution >= 0.6 is 15.9 Å². The second-order valence-corrected chi connectivity index (χ2v) is 5.77. The quantitative estimate of drug-likeness (QED) is 0.877. The van der Waals surface area contributed by atoms with E-state index in [4.69, 9.17) is 5.11 Å². The van der Waals surface area contributed by atoms with Gasteiger partial charge in [-0.15, -0.1) is 0 Å². The van der Waals surface area contributed by atoms with Crippen LogP contribution in [0.5, 0.6) is 0 Å². The van der Waals surface area contributed by atoms with Crippen LogP contribution in [-0.2, 0) is 0 Å². The number of nitrogens with one attached hydrogen (secondary N) is 1. The zero-order valence-corrected chi connectivity index (χ0v) is 12.1. The normalized spacial score (nSPS) is 11.4. The predicted molar refractivity (Wildman–Crippen MR) is 71.9 cm³/mol. The third kappa shape index (κ3) is 4.07. The van der Waals surface area contributed by atoms with Gasteiger partial charge in [-0.2, -0.15) is 0 Å². The molecule has 5 heteroatoms. The van der Waals surface area contributed by atoms with Crippen LogP contribution in [0.2, 0.25) is 0 Å². The Bertz CT molecular complexity index is 415. The van der Waals surface area contributed by atoms with Crippen molar-refractivity contribution in [2.75, 3.05) is 13.2 Å². The second kappa shape index (κ2) is 6.29. The molecule has 0 aromatic heterocycles. The van der Waals surface area contributed by atoms with Crippen LogP contribution in [0, 0.1) is 11.2 Å². The Morgan fingerprint density at radius 3 is 2.72 bits per heavy atom. The molecule has 0 heterocycles. The van der Waals surface area contributed by atoms with E-state index in [1.165, 1.54) is 12.1 Å². The molecule has 1 rings (SSSR count). The van der Waals surface area contributed by atoms with Crippen LogP contribution in [0.25, 0.3) is 0 Å². The standard InChI is InChI=1S/C13H17BrFNO2/c1-13(2,6-7-17)8-16-12(18)11-9(14)4-3-5-10(11)15/h3-5,17H,6-8H2,1-2H3,(H,16,18).